The Morgan fingerprint density at radius 3 is 2.65 bits per heavy atom. The normalized spacial score (nSPS) is 10.1. The van der Waals surface area contributed by atoms with Crippen LogP contribution in [0.25, 0.3) is 0 Å². The number of rotatable bonds is 6. The molecule has 6 nitrogen and oxygen atoms in total. The Morgan fingerprint density at radius 2 is 2.18 bits per heavy atom. The van der Waals surface area contributed by atoms with Crippen LogP contribution in [0.2, 0.25) is 0 Å². The van der Waals surface area contributed by atoms with Crippen molar-refractivity contribution in [3.05, 3.63) is 18.1 Å². The minimum Gasteiger partial charge on any atom is -0.355 e. The van der Waals surface area contributed by atoms with E-state index in [2.05, 4.69) is 15.3 Å². The Bertz CT molecular complexity index is 351. The molecule has 0 fully saturated rings. The van der Waals surface area contributed by atoms with Crippen LogP contribution in [0.4, 0.5) is 5.82 Å². The van der Waals surface area contributed by atoms with Gasteiger partial charge in [-0.05, 0) is 13.8 Å². The zero-order valence-corrected chi connectivity index (χ0v) is 10.3. The molecule has 17 heavy (non-hydrogen) atoms. The van der Waals surface area contributed by atoms with E-state index in [1.165, 1.54) is 0 Å². The second kappa shape index (κ2) is 6.80. The first-order chi connectivity index (χ1) is 8.21. The van der Waals surface area contributed by atoms with Gasteiger partial charge in [-0.2, -0.15) is 0 Å². The maximum absolute atomic E-state index is 11.5. The molecule has 1 rings (SSSR count). The molecule has 0 spiro atoms. The van der Waals surface area contributed by atoms with Gasteiger partial charge in [-0.1, -0.05) is 0 Å². The molecule has 0 aliphatic heterocycles. The van der Waals surface area contributed by atoms with Crippen LogP contribution in [0.15, 0.2) is 12.4 Å². The highest BCUT2D eigenvalue weighted by Gasteiger charge is 2.10. The third-order valence-corrected chi connectivity index (χ3v) is 2.31. The summed E-state index contributed by atoms with van der Waals surface area (Å²) in [5.41, 5.74) is 6.19. The van der Waals surface area contributed by atoms with E-state index in [-0.39, 0.29) is 5.91 Å². The summed E-state index contributed by atoms with van der Waals surface area (Å²) in [4.78, 5) is 21.7. The van der Waals surface area contributed by atoms with Gasteiger partial charge in [0.1, 0.15) is 5.82 Å². The number of aromatic nitrogens is 2. The summed E-state index contributed by atoms with van der Waals surface area (Å²) in [6.07, 6.45) is 3.28. The molecule has 1 heterocycles. The molecule has 0 aromatic carbocycles. The van der Waals surface area contributed by atoms with Crippen LogP contribution >= 0.6 is 0 Å². The Kier molecular flexibility index (Phi) is 5.35. The van der Waals surface area contributed by atoms with E-state index >= 15 is 0 Å². The van der Waals surface area contributed by atoms with Gasteiger partial charge in [-0.15, -0.1) is 0 Å². The smallest absolute Gasteiger partial charge is 0.239 e. The van der Waals surface area contributed by atoms with E-state index in [0.29, 0.717) is 32.0 Å². The molecule has 0 aliphatic carbocycles. The lowest BCUT2D eigenvalue weighted by molar-refractivity contribution is -0.119. The lowest BCUT2D eigenvalue weighted by Crippen LogP contribution is -2.37. The van der Waals surface area contributed by atoms with Crippen molar-refractivity contribution in [2.45, 2.75) is 20.4 Å². The Hall–Kier alpha value is -1.69. The fraction of sp³-hybridized carbons (Fsp3) is 0.545. The van der Waals surface area contributed by atoms with Crippen LogP contribution in [-0.4, -0.2) is 35.5 Å². The largest absolute Gasteiger partial charge is 0.355 e. The fourth-order valence-corrected chi connectivity index (χ4v) is 1.40. The second-order valence-corrected chi connectivity index (χ2v) is 3.54. The molecule has 0 radical (unpaired) electrons. The molecule has 0 saturated heterocycles. The van der Waals surface area contributed by atoms with E-state index in [1.54, 1.807) is 12.4 Å². The molecule has 0 bridgehead atoms. The Balaban J connectivity index is 2.68. The van der Waals surface area contributed by atoms with E-state index in [0.717, 1.165) is 5.69 Å². The van der Waals surface area contributed by atoms with Gasteiger partial charge in [0.05, 0.1) is 24.6 Å². The molecule has 6 heteroatoms. The van der Waals surface area contributed by atoms with Crippen molar-refractivity contribution in [3.8, 4) is 0 Å². The van der Waals surface area contributed by atoms with Gasteiger partial charge in [0.25, 0.3) is 0 Å². The van der Waals surface area contributed by atoms with Crippen molar-refractivity contribution in [1.82, 2.24) is 15.3 Å². The van der Waals surface area contributed by atoms with Gasteiger partial charge >= 0.3 is 0 Å². The molecular weight excluding hydrogens is 218 g/mol. The number of hydrogen-bond donors (Lipinski definition) is 2. The van der Waals surface area contributed by atoms with Crippen molar-refractivity contribution in [3.63, 3.8) is 0 Å². The zero-order chi connectivity index (χ0) is 12.7. The average molecular weight is 237 g/mol. The number of likely N-dealkylation sites (N-methyl/N-ethyl adjacent to an activating group) is 2. The molecule has 0 aliphatic rings. The van der Waals surface area contributed by atoms with Crippen molar-refractivity contribution in [1.29, 1.82) is 0 Å². The summed E-state index contributed by atoms with van der Waals surface area (Å²) in [6, 6.07) is 0. The van der Waals surface area contributed by atoms with E-state index in [1.807, 2.05) is 18.7 Å². The van der Waals surface area contributed by atoms with Crippen LogP contribution in [0.3, 0.4) is 0 Å². The van der Waals surface area contributed by atoms with Gasteiger partial charge < -0.3 is 16.0 Å². The minimum atomic E-state index is -0.0148. The third kappa shape index (κ3) is 3.99. The topological polar surface area (TPSA) is 84.1 Å². The predicted molar refractivity (Wildman–Crippen MR) is 66.5 cm³/mol. The summed E-state index contributed by atoms with van der Waals surface area (Å²) in [5, 5.41) is 2.75. The van der Waals surface area contributed by atoms with Gasteiger partial charge in [0, 0.05) is 19.6 Å². The molecule has 0 saturated carbocycles. The summed E-state index contributed by atoms with van der Waals surface area (Å²) in [5.74, 6) is 0.676. The standard InChI is InChI=1S/C11H19N5O/c1-3-13-11(17)8-16(4-2)10-7-14-9(5-12)6-15-10/h6-7H,3-5,8,12H2,1-2H3,(H,13,17). The van der Waals surface area contributed by atoms with Crippen LogP contribution < -0.4 is 16.0 Å². The number of nitrogens with zero attached hydrogens (tertiary/aromatic N) is 3. The molecule has 0 atom stereocenters. The van der Waals surface area contributed by atoms with E-state index < -0.39 is 0 Å². The summed E-state index contributed by atoms with van der Waals surface area (Å²) in [6.45, 7) is 5.86. The molecule has 3 N–H and O–H groups in total. The lowest BCUT2D eigenvalue weighted by Gasteiger charge is -2.20. The molecule has 94 valence electrons. The van der Waals surface area contributed by atoms with E-state index in [4.69, 9.17) is 5.73 Å². The van der Waals surface area contributed by atoms with Crippen LogP contribution in [0, 0.1) is 0 Å². The van der Waals surface area contributed by atoms with Crippen molar-refractivity contribution >= 4 is 11.7 Å². The number of hydrogen-bond acceptors (Lipinski definition) is 5. The molecule has 0 unspecified atom stereocenters. The number of anilines is 1. The van der Waals surface area contributed by atoms with Crippen LogP contribution in [0.1, 0.15) is 19.5 Å². The highest BCUT2D eigenvalue weighted by molar-refractivity contribution is 5.80. The quantitative estimate of drug-likeness (QED) is 0.721. The number of amides is 1. The Labute approximate surface area is 101 Å². The second-order valence-electron chi connectivity index (χ2n) is 3.54. The lowest BCUT2D eigenvalue weighted by atomic mass is 10.4. The molecule has 1 aromatic heterocycles. The zero-order valence-electron chi connectivity index (χ0n) is 10.3. The monoisotopic (exact) mass is 237 g/mol. The van der Waals surface area contributed by atoms with Gasteiger partial charge in [-0.25, -0.2) is 4.98 Å². The number of carbonyl (C=O) groups excluding carboxylic acids is 1. The highest BCUT2D eigenvalue weighted by Crippen LogP contribution is 2.07. The van der Waals surface area contributed by atoms with Gasteiger partial charge in [0.15, 0.2) is 0 Å². The summed E-state index contributed by atoms with van der Waals surface area (Å²) < 4.78 is 0. The molecule has 1 aromatic rings. The first kappa shape index (κ1) is 13.4. The third-order valence-electron chi connectivity index (χ3n) is 2.31. The molecular formula is C11H19N5O. The minimum absolute atomic E-state index is 0.0148. The number of carbonyl (C=O) groups is 1. The van der Waals surface area contributed by atoms with Crippen molar-refractivity contribution in [2.75, 3.05) is 24.5 Å². The van der Waals surface area contributed by atoms with E-state index in [9.17, 15) is 4.79 Å². The number of nitrogens with one attached hydrogen (secondary N) is 1. The van der Waals surface area contributed by atoms with Crippen LogP contribution in [0.5, 0.6) is 0 Å². The predicted octanol–water partition coefficient (Wildman–Crippen LogP) is -0.102. The average Bonchev–Trinajstić information content (AvgIpc) is 2.36. The van der Waals surface area contributed by atoms with Gasteiger partial charge in [-0.3, -0.25) is 9.78 Å². The number of nitrogens with two attached hydrogens (primary N) is 1. The Morgan fingerprint density at radius 1 is 1.41 bits per heavy atom. The summed E-state index contributed by atoms with van der Waals surface area (Å²) >= 11 is 0. The van der Waals surface area contributed by atoms with Crippen molar-refractivity contribution in [2.24, 2.45) is 5.73 Å². The molecule has 1 amide bonds. The highest BCUT2D eigenvalue weighted by atomic mass is 16.2. The first-order valence-electron chi connectivity index (χ1n) is 5.73. The van der Waals surface area contributed by atoms with Crippen molar-refractivity contribution < 1.29 is 4.79 Å². The fourth-order valence-electron chi connectivity index (χ4n) is 1.40. The maximum Gasteiger partial charge on any atom is 0.239 e. The van der Waals surface area contributed by atoms with Crippen LogP contribution in [-0.2, 0) is 11.3 Å². The van der Waals surface area contributed by atoms with Gasteiger partial charge in [0.2, 0.25) is 5.91 Å². The maximum atomic E-state index is 11.5. The first-order valence-corrected chi connectivity index (χ1v) is 5.73. The summed E-state index contributed by atoms with van der Waals surface area (Å²) in [7, 11) is 0. The SMILES string of the molecule is CCNC(=O)CN(CC)c1cnc(CN)cn1.